The van der Waals surface area contributed by atoms with Crippen molar-refractivity contribution in [1.82, 2.24) is 9.97 Å². The molecule has 19 heavy (non-hydrogen) atoms. The lowest BCUT2D eigenvalue weighted by atomic mass is 10.3. The first-order valence-corrected chi connectivity index (χ1v) is 6.09. The van der Waals surface area contributed by atoms with Crippen LogP contribution in [0.1, 0.15) is 11.3 Å². The van der Waals surface area contributed by atoms with Gasteiger partial charge in [0.15, 0.2) is 0 Å². The molecular formula is C12H9BrF3N3. The Bertz CT molecular complexity index is 599. The van der Waals surface area contributed by atoms with Crippen LogP contribution in [-0.2, 0) is 6.18 Å². The second-order valence-electron chi connectivity index (χ2n) is 3.82. The standard InChI is InChI=1S/C12H9BrF3N3/c1-7-3-2-6-17-10(7)19-11-8(13)4-5-9(18-11)12(14,15)16/h2-6H,1H3,(H,17,18,19). The number of pyridine rings is 2. The summed E-state index contributed by atoms with van der Waals surface area (Å²) in [5.74, 6) is 0.548. The number of hydrogen-bond acceptors (Lipinski definition) is 3. The van der Waals surface area contributed by atoms with E-state index in [9.17, 15) is 13.2 Å². The Kier molecular flexibility index (Phi) is 3.75. The van der Waals surface area contributed by atoms with Gasteiger partial charge in [-0.2, -0.15) is 13.2 Å². The van der Waals surface area contributed by atoms with Gasteiger partial charge in [0.05, 0.1) is 4.47 Å². The predicted octanol–water partition coefficient (Wildman–Crippen LogP) is 4.31. The Morgan fingerprint density at radius 2 is 1.89 bits per heavy atom. The number of aryl methyl sites for hydroxylation is 1. The fraction of sp³-hybridized carbons (Fsp3) is 0.167. The Hall–Kier alpha value is -1.63. The van der Waals surface area contributed by atoms with E-state index in [1.54, 1.807) is 25.3 Å². The first-order chi connectivity index (χ1) is 8.88. The third-order valence-corrected chi connectivity index (χ3v) is 3.02. The maximum Gasteiger partial charge on any atom is 0.433 e. The van der Waals surface area contributed by atoms with Crippen molar-refractivity contribution in [2.24, 2.45) is 0 Å². The van der Waals surface area contributed by atoms with Crippen molar-refractivity contribution in [2.45, 2.75) is 13.1 Å². The van der Waals surface area contributed by atoms with E-state index in [-0.39, 0.29) is 5.82 Å². The number of alkyl halides is 3. The topological polar surface area (TPSA) is 37.8 Å². The summed E-state index contributed by atoms with van der Waals surface area (Å²) >= 11 is 3.16. The Morgan fingerprint density at radius 3 is 2.53 bits per heavy atom. The lowest BCUT2D eigenvalue weighted by molar-refractivity contribution is -0.141. The molecule has 2 heterocycles. The summed E-state index contributed by atoms with van der Waals surface area (Å²) in [6, 6.07) is 5.77. The average molecular weight is 332 g/mol. The second kappa shape index (κ2) is 5.16. The van der Waals surface area contributed by atoms with Gasteiger partial charge in [0.2, 0.25) is 0 Å². The number of nitrogens with one attached hydrogen (secondary N) is 1. The highest BCUT2D eigenvalue weighted by molar-refractivity contribution is 9.10. The Morgan fingerprint density at radius 1 is 1.16 bits per heavy atom. The zero-order valence-corrected chi connectivity index (χ0v) is 11.4. The van der Waals surface area contributed by atoms with Crippen LogP contribution >= 0.6 is 15.9 Å². The number of nitrogens with zero attached hydrogens (tertiary/aromatic N) is 2. The normalized spacial score (nSPS) is 11.4. The van der Waals surface area contributed by atoms with Crippen molar-refractivity contribution in [2.75, 3.05) is 5.32 Å². The zero-order valence-electron chi connectivity index (χ0n) is 9.79. The van der Waals surface area contributed by atoms with Crippen molar-refractivity contribution < 1.29 is 13.2 Å². The molecule has 0 atom stereocenters. The monoisotopic (exact) mass is 331 g/mol. The van der Waals surface area contributed by atoms with E-state index < -0.39 is 11.9 Å². The molecule has 0 aliphatic carbocycles. The molecule has 0 aromatic carbocycles. The smallest absolute Gasteiger partial charge is 0.324 e. The van der Waals surface area contributed by atoms with Gasteiger partial charge in [-0.25, -0.2) is 9.97 Å². The molecule has 1 N–H and O–H groups in total. The van der Waals surface area contributed by atoms with E-state index in [1.807, 2.05) is 0 Å². The first-order valence-electron chi connectivity index (χ1n) is 5.30. The number of aromatic nitrogens is 2. The lowest BCUT2D eigenvalue weighted by Gasteiger charge is -2.12. The van der Waals surface area contributed by atoms with Gasteiger partial charge in [-0.1, -0.05) is 6.07 Å². The van der Waals surface area contributed by atoms with Crippen molar-refractivity contribution in [3.05, 3.63) is 46.2 Å². The minimum Gasteiger partial charge on any atom is -0.324 e. The van der Waals surface area contributed by atoms with Crippen LogP contribution in [0, 0.1) is 6.92 Å². The van der Waals surface area contributed by atoms with Gasteiger partial charge in [-0.05, 0) is 46.6 Å². The van der Waals surface area contributed by atoms with E-state index in [4.69, 9.17) is 0 Å². The van der Waals surface area contributed by atoms with Crippen LogP contribution in [0.5, 0.6) is 0 Å². The van der Waals surface area contributed by atoms with E-state index in [1.165, 1.54) is 6.07 Å². The molecule has 0 saturated carbocycles. The molecule has 0 spiro atoms. The van der Waals surface area contributed by atoms with Crippen LogP contribution < -0.4 is 5.32 Å². The second-order valence-corrected chi connectivity index (χ2v) is 4.67. The molecule has 3 nitrogen and oxygen atoms in total. The van der Waals surface area contributed by atoms with Crippen molar-refractivity contribution in [3.8, 4) is 0 Å². The van der Waals surface area contributed by atoms with Gasteiger partial charge in [-0.15, -0.1) is 0 Å². The molecule has 0 aliphatic heterocycles. The molecule has 0 amide bonds. The molecule has 0 aliphatic rings. The fourth-order valence-corrected chi connectivity index (χ4v) is 1.74. The van der Waals surface area contributed by atoms with Crippen LogP contribution in [0.15, 0.2) is 34.9 Å². The van der Waals surface area contributed by atoms with E-state index in [2.05, 4.69) is 31.2 Å². The number of hydrogen-bond donors (Lipinski definition) is 1. The molecule has 2 aromatic heterocycles. The third kappa shape index (κ3) is 3.23. The van der Waals surface area contributed by atoms with Crippen molar-refractivity contribution in [3.63, 3.8) is 0 Å². The molecule has 0 radical (unpaired) electrons. The van der Waals surface area contributed by atoms with Crippen LogP contribution in [0.25, 0.3) is 0 Å². The summed E-state index contributed by atoms with van der Waals surface area (Å²) in [6.45, 7) is 1.80. The van der Waals surface area contributed by atoms with Gasteiger partial charge in [-0.3, -0.25) is 0 Å². The number of rotatable bonds is 2. The third-order valence-electron chi connectivity index (χ3n) is 2.38. The zero-order chi connectivity index (χ0) is 14.0. The molecule has 2 rings (SSSR count). The SMILES string of the molecule is Cc1cccnc1Nc1nc(C(F)(F)F)ccc1Br. The maximum atomic E-state index is 12.6. The summed E-state index contributed by atoms with van der Waals surface area (Å²) < 4.78 is 38.2. The number of anilines is 2. The van der Waals surface area contributed by atoms with Crippen molar-refractivity contribution >= 4 is 27.6 Å². The van der Waals surface area contributed by atoms with Gasteiger partial charge in [0.25, 0.3) is 0 Å². The largest absolute Gasteiger partial charge is 0.433 e. The highest BCUT2D eigenvalue weighted by Gasteiger charge is 2.33. The van der Waals surface area contributed by atoms with Gasteiger partial charge < -0.3 is 5.32 Å². The minimum atomic E-state index is -4.48. The molecular weight excluding hydrogens is 323 g/mol. The maximum absolute atomic E-state index is 12.6. The highest BCUT2D eigenvalue weighted by atomic mass is 79.9. The number of halogens is 4. The fourth-order valence-electron chi connectivity index (χ4n) is 1.42. The molecule has 0 saturated heterocycles. The van der Waals surface area contributed by atoms with E-state index in [0.29, 0.717) is 10.3 Å². The highest BCUT2D eigenvalue weighted by Crippen LogP contribution is 2.32. The van der Waals surface area contributed by atoms with Gasteiger partial charge in [0, 0.05) is 6.20 Å². The summed E-state index contributed by atoms with van der Waals surface area (Å²) in [6.07, 6.45) is -2.92. The van der Waals surface area contributed by atoms with Gasteiger partial charge >= 0.3 is 6.18 Å². The van der Waals surface area contributed by atoms with Gasteiger partial charge in [0.1, 0.15) is 17.3 Å². The molecule has 100 valence electrons. The van der Waals surface area contributed by atoms with E-state index in [0.717, 1.165) is 11.6 Å². The predicted molar refractivity (Wildman–Crippen MR) is 69.2 cm³/mol. The van der Waals surface area contributed by atoms with Crippen LogP contribution in [0.4, 0.5) is 24.8 Å². The molecule has 0 bridgehead atoms. The first kappa shape index (κ1) is 13.8. The minimum absolute atomic E-state index is 0.0802. The molecule has 7 heteroatoms. The lowest BCUT2D eigenvalue weighted by Crippen LogP contribution is -2.10. The quantitative estimate of drug-likeness (QED) is 0.891. The molecule has 2 aromatic rings. The van der Waals surface area contributed by atoms with Crippen molar-refractivity contribution in [1.29, 1.82) is 0 Å². The van der Waals surface area contributed by atoms with Crippen LogP contribution in [0.2, 0.25) is 0 Å². The average Bonchev–Trinajstić information content (AvgIpc) is 2.33. The van der Waals surface area contributed by atoms with Crippen LogP contribution in [-0.4, -0.2) is 9.97 Å². The summed E-state index contributed by atoms with van der Waals surface area (Å²) in [4.78, 5) is 7.61. The van der Waals surface area contributed by atoms with E-state index >= 15 is 0 Å². The summed E-state index contributed by atoms with van der Waals surface area (Å²) in [5.41, 5.74) is -0.139. The molecule has 0 fully saturated rings. The van der Waals surface area contributed by atoms with Crippen LogP contribution in [0.3, 0.4) is 0 Å². The summed E-state index contributed by atoms with van der Waals surface area (Å²) in [5, 5.41) is 2.78. The Balaban J connectivity index is 2.38. The Labute approximate surface area is 116 Å². The summed E-state index contributed by atoms with van der Waals surface area (Å²) in [7, 11) is 0. The molecule has 0 unspecified atom stereocenters.